The predicted octanol–water partition coefficient (Wildman–Crippen LogP) is 3.11. The number of anilines is 2. The third-order valence-corrected chi connectivity index (χ3v) is 4.21. The van der Waals surface area contributed by atoms with E-state index < -0.39 is 0 Å². The highest BCUT2D eigenvalue weighted by molar-refractivity contribution is 5.56. The van der Waals surface area contributed by atoms with Gasteiger partial charge in [0.2, 0.25) is 0 Å². The topological polar surface area (TPSA) is 18.5 Å². The van der Waals surface area contributed by atoms with E-state index in [4.69, 9.17) is 0 Å². The molecule has 1 aliphatic rings. The summed E-state index contributed by atoms with van der Waals surface area (Å²) in [7, 11) is 0. The summed E-state index contributed by atoms with van der Waals surface area (Å²) in [4.78, 5) is 4.89. The van der Waals surface area contributed by atoms with Crippen LogP contribution in [-0.2, 0) is 0 Å². The van der Waals surface area contributed by atoms with Gasteiger partial charge in [0.15, 0.2) is 0 Å². The van der Waals surface area contributed by atoms with Gasteiger partial charge in [-0.2, -0.15) is 0 Å². The molecule has 2 rings (SSSR count). The SMILES string of the molecule is CCCNC1CCN(c2ccc(N(CC)CC)cc2)C1. The van der Waals surface area contributed by atoms with E-state index in [0.29, 0.717) is 6.04 Å². The van der Waals surface area contributed by atoms with Crippen LogP contribution in [0.25, 0.3) is 0 Å². The van der Waals surface area contributed by atoms with Crippen molar-refractivity contribution < 1.29 is 0 Å². The van der Waals surface area contributed by atoms with Crippen molar-refractivity contribution in [3.8, 4) is 0 Å². The Bertz CT molecular complexity index is 384. The Hall–Kier alpha value is -1.22. The van der Waals surface area contributed by atoms with Crippen LogP contribution in [0.3, 0.4) is 0 Å². The van der Waals surface area contributed by atoms with E-state index in [-0.39, 0.29) is 0 Å². The number of hydrogen-bond donors (Lipinski definition) is 1. The molecule has 0 aromatic heterocycles. The molecule has 0 spiro atoms. The molecule has 1 atom stereocenters. The van der Waals surface area contributed by atoms with E-state index in [2.05, 4.69) is 60.2 Å². The van der Waals surface area contributed by atoms with Crippen LogP contribution in [0.5, 0.6) is 0 Å². The monoisotopic (exact) mass is 275 g/mol. The van der Waals surface area contributed by atoms with Crippen molar-refractivity contribution in [2.75, 3.05) is 42.5 Å². The lowest BCUT2D eigenvalue weighted by molar-refractivity contribution is 0.549. The zero-order valence-corrected chi connectivity index (χ0v) is 13.2. The van der Waals surface area contributed by atoms with Gasteiger partial charge in [-0.1, -0.05) is 6.92 Å². The molecule has 1 aliphatic heterocycles. The fourth-order valence-corrected chi connectivity index (χ4v) is 2.97. The highest BCUT2D eigenvalue weighted by Gasteiger charge is 2.21. The second-order valence-electron chi connectivity index (χ2n) is 5.57. The number of nitrogens with one attached hydrogen (secondary N) is 1. The molecule has 1 aromatic rings. The van der Waals surface area contributed by atoms with E-state index in [0.717, 1.165) is 26.2 Å². The Morgan fingerprint density at radius 2 is 1.85 bits per heavy atom. The van der Waals surface area contributed by atoms with Gasteiger partial charge in [0.05, 0.1) is 0 Å². The van der Waals surface area contributed by atoms with Crippen molar-refractivity contribution >= 4 is 11.4 Å². The smallest absolute Gasteiger partial charge is 0.0368 e. The van der Waals surface area contributed by atoms with Gasteiger partial charge in [0.25, 0.3) is 0 Å². The maximum Gasteiger partial charge on any atom is 0.0368 e. The molecule has 1 aromatic carbocycles. The maximum absolute atomic E-state index is 3.63. The summed E-state index contributed by atoms with van der Waals surface area (Å²) in [5, 5.41) is 3.63. The number of nitrogens with zero attached hydrogens (tertiary/aromatic N) is 2. The Balaban J connectivity index is 1.94. The zero-order chi connectivity index (χ0) is 14.4. The van der Waals surface area contributed by atoms with Gasteiger partial charge in [-0.25, -0.2) is 0 Å². The molecular weight excluding hydrogens is 246 g/mol. The van der Waals surface area contributed by atoms with Crippen LogP contribution >= 0.6 is 0 Å². The minimum absolute atomic E-state index is 0.664. The fourth-order valence-electron chi connectivity index (χ4n) is 2.97. The largest absolute Gasteiger partial charge is 0.372 e. The molecule has 0 aliphatic carbocycles. The molecule has 1 saturated heterocycles. The van der Waals surface area contributed by atoms with E-state index in [1.165, 1.54) is 30.8 Å². The van der Waals surface area contributed by atoms with Gasteiger partial charge in [0, 0.05) is 43.6 Å². The van der Waals surface area contributed by atoms with Crippen LogP contribution in [0.2, 0.25) is 0 Å². The first kappa shape index (κ1) is 15.2. The van der Waals surface area contributed by atoms with E-state index in [1.807, 2.05) is 0 Å². The van der Waals surface area contributed by atoms with Crippen molar-refractivity contribution in [2.45, 2.75) is 39.7 Å². The number of benzene rings is 1. The second-order valence-corrected chi connectivity index (χ2v) is 5.57. The van der Waals surface area contributed by atoms with Crippen LogP contribution in [-0.4, -0.2) is 38.8 Å². The lowest BCUT2D eigenvalue weighted by Gasteiger charge is -2.23. The lowest BCUT2D eigenvalue weighted by atomic mass is 10.2. The highest BCUT2D eigenvalue weighted by Crippen LogP contribution is 2.24. The second kappa shape index (κ2) is 7.53. The van der Waals surface area contributed by atoms with Crippen molar-refractivity contribution in [2.24, 2.45) is 0 Å². The fraction of sp³-hybridized carbons (Fsp3) is 0.647. The summed E-state index contributed by atoms with van der Waals surface area (Å²) in [5.41, 5.74) is 2.69. The minimum atomic E-state index is 0.664. The van der Waals surface area contributed by atoms with Crippen LogP contribution < -0.4 is 15.1 Å². The van der Waals surface area contributed by atoms with Crippen LogP contribution in [0.15, 0.2) is 24.3 Å². The Morgan fingerprint density at radius 3 is 2.45 bits per heavy atom. The molecular formula is C17H29N3. The molecule has 0 amide bonds. The molecule has 1 heterocycles. The molecule has 0 bridgehead atoms. The van der Waals surface area contributed by atoms with Crippen molar-refractivity contribution in [3.05, 3.63) is 24.3 Å². The number of hydrogen-bond acceptors (Lipinski definition) is 3. The third kappa shape index (κ3) is 3.66. The van der Waals surface area contributed by atoms with Gasteiger partial charge < -0.3 is 15.1 Å². The maximum atomic E-state index is 3.63. The summed E-state index contributed by atoms with van der Waals surface area (Å²) in [5.74, 6) is 0. The lowest BCUT2D eigenvalue weighted by Crippen LogP contribution is -2.32. The summed E-state index contributed by atoms with van der Waals surface area (Å²) in [6.07, 6.45) is 2.48. The number of rotatable bonds is 7. The van der Waals surface area contributed by atoms with E-state index in [1.54, 1.807) is 0 Å². The van der Waals surface area contributed by atoms with Crippen LogP contribution in [0.1, 0.15) is 33.6 Å². The van der Waals surface area contributed by atoms with Crippen LogP contribution in [0, 0.1) is 0 Å². The molecule has 1 unspecified atom stereocenters. The van der Waals surface area contributed by atoms with Crippen molar-refractivity contribution in [1.29, 1.82) is 0 Å². The van der Waals surface area contributed by atoms with Crippen molar-refractivity contribution in [1.82, 2.24) is 5.32 Å². The molecule has 1 N–H and O–H groups in total. The van der Waals surface area contributed by atoms with Crippen molar-refractivity contribution in [3.63, 3.8) is 0 Å². The normalized spacial score (nSPS) is 18.6. The van der Waals surface area contributed by atoms with Gasteiger partial charge in [-0.15, -0.1) is 0 Å². The summed E-state index contributed by atoms with van der Waals surface area (Å²) < 4.78 is 0. The Kier molecular flexibility index (Phi) is 5.72. The summed E-state index contributed by atoms with van der Waals surface area (Å²) >= 11 is 0. The average molecular weight is 275 g/mol. The van der Waals surface area contributed by atoms with E-state index in [9.17, 15) is 0 Å². The third-order valence-electron chi connectivity index (χ3n) is 4.21. The summed E-state index contributed by atoms with van der Waals surface area (Å²) in [6, 6.07) is 9.73. The first-order valence-corrected chi connectivity index (χ1v) is 8.11. The van der Waals surface area contributed by atoms with E-state index >= 15 is 0 Å². The molecule has 0 radical (unpaired) electrons. The molecule has 3 nitrogen and oxygen atoms in total. The molecule has 20 heavy (non-hydrogen) atoms. The average Bonchev–Trinajstić information content (AvgIpc) is 2.96. The minimum Gasteiger partial charge on any atom is -0.372 e. The first-order valence-electron chi connectivity index (χ1n) is 8.11. The molecule has 1 fully saturated rings. The van der Waals surface area contributed by atoms with Gasteiger partial charge in [-0.3, -0.25) is 0 Å². The van der Waals surface area contributed by atoms with Crippen LogP contribution in [0.4, 0.5) is 11.4 Å². The molecule has 3 heteroatoms. The molecule has 0 saturated carbocycles. The quantitative estimate of drug-likeness (QED) is 0.825. The first-order chi connectivity index (χ1) is 9.78. The Morgan fingerprint density at radius 1 is 1.15 bits per heavy atom. The highest BCUT2D eigenvalue weighted by atomic mass is 15.2. The molecule has 112 valence electrons. The standard InChI is InChI=1S/C17H29N3/c1-4-12-18-15-11-13-20(14-15)17-9-7-16(8-10-17)19(5-2)6-3/h7-10,15,18H,4-6,11-14H2,1-3H3. The summed E-state index contributed by atoms with van der Waals surface area (Å²) in [6.45, 7) is 12.2. The predicted molar refractivity (Wildman–Crippen MR) is 88.9 cm³/mol. The zero-order valence-electron chi connectivity index (χ0n) is 13.2. The Labute approximate surface area is 124 Å². The van der Waals surface area contributed by atoms with Gasteiger partial charge in [0.1, 0.15) is 0 Å². The van der Waals surface area contributed by atoms with Gasteiger partial charge in [-0.05, 0) is 57.5 Å². The van der Waals surface area contributed by atoms with Gasteiger partial charge >= 0.3 is 0 Å².